The molecule has 14 heavy (non-hydrogen) atoms. The molecule has 2 unspecified atom stereocenters. The Bertz CT molecular complexity index is 334. The molecule has 3 nitrogen and oxygen atoms in total. The first-order valence-corrected chi connectivity index (χ1v) is 4.61. The molecular formula is C11H13NO2. The van der Waals surface area contributed by atoms with Crippen molar-refractivity contribution in [1.82, 2.24) is 4.90 Å². The van der Waals surface area contributed by atoms with E-state index >= 15 is 0 Å². The van der Waals surface area contributed by atoms with E-state index in [0.717, 1.165) is 5.56 Å². The second-order valence-electron chi connectivity index (χ2n) is 3.62. The molecule has 0 spiro atoms. The molecule has 1 heterocycles. The predicted octanol–water partition coefficient (Wildman–Crippen LogP) is 1.21. The number of carbonyl (C=O) groups is 1. The molecule has 1 aromatic carbocycles. The smallest absolute Gasteiger partial charge is 0.254 e. The maximum Gasteiger partial charge on any atom is 0.254 e. The minimum absolute atomic E-state index is 0.0360. The summed E-state index contributed by atoms with van der Waals surface area (Å²) in [6.45, 7) is 0. The van der Waals surface area contributed by atoms with Crippen molar-refractivity contribution >= 4 is 5.91 Å². The van der Waals surface area contributed by atoms with E-state index in [1.54, 1.807) is 19.0 Å². The van der Waals surface area contributed by atoms with Gasteiger partial charge in [-0.1, -0.05) is 30.3 Å². The van der Waals surface area contributed by atoms with Crippen LogP contribution in [-0.4, -0.2) is 31.0 Å². The number of hydrogen-bond donors (Lipinski definition) is 0. The molecule has 0 aromatic heterocycles. The Morgan fingerprint density at radius 2 is 1.93 bits per heavy atom. The van der Waals surface area contributed by atoms with Gasteiger partial charge in [0.25, 0.3) is 5.91 Å². The van der Waals surface area contributed by atoms with Gasteiger partial charge in [-0.3, -0.25) is 4.79 Å². The van der Waals surface area contributed by atoms with Gasteiger partial charge in [0, 0.05) is 14.1 Å². The van der Waals surface area contributed by atoms with Gasteiger partial charge in [-0.2, -0.15) is 0 Å². The summed E-state index contributed by atoms with van der Waals surface area (Å²) in [6.07, 6.45) is -0.307. The first kappa shape index (κ1) is 9.21. The molecule has 2 atom stereocenters. The second kappa shape index (κ2) is 3.42. The molecule has 0 bridgehead atoms. The quantitative estimate of drug-likeness (QED) is 0.658. The molecule has 1 fully saturated rings. The van der Waals surface area contributed by atoms with Gasteiger partial charge in [0.2, 0.25) is 0 Å². The van der Waals surface area contributed by atoms with Crippen molar-refractivity contribution < 1.29 is 9.53 Å². The molecule has 3 heteroatoms. The van der Waals surface area contributed by atoms with Crippen molar-refractivity contribution in [2.45, 2.75) is 12.2 Å². The average molecular weight is 191 g/mol. The van der Waals surface area contributed by atoms with Crippen molar-refractivity contribution in [3.63, 3.8) is 0 Å². The van der Waals surface area contributed by atoms with Gasteiger partial charge in [0.1, 0.15) is 6.10 Å². The van der Waals surface area contributed by atoms with Gasteiger partial charge in [0.05, 0.1) is 0 Å². The normalized spacial score (nSPS) is 24.4. The van der Waals surface area contributed by atoms with Crippen molar-refractivity contribution in [3.8, 4) is 0 Å². The molecular weight excluding hydrogens is 178 g/mol. The molecule has 74 valence electrons. The number of likely N-dealkylation sites (N-methyl/N-ethyl adjacent to an activating group) is 1. The van der Waals surface area contributed by atoms with Crippen LogP contribution in [0, 0.1) is 0 Å². The molecule has 0 saturated carbocycles. The maximum atomic E-state index is 11.5. The molecule has 1 aliphatic rings. The van der Waals surface area contributed by atoms with Gasteiger partial charge in [0.15, 0.2) is 6.10 Å². The van der Waals surface area contributed by atoms with Gasteiger partial charge in [-0.15, -0.1) is 0 Å². The van der Waals surface area contributed by atoms with E-state index in [0.29, 0.717) is 0 Å². The third-order valence-electron chi connectivity index (χ3n) is 2.30. The highest BCUT2D eigenvalue weighted by atomic mass is 16.6. The van der Waals surface area contributed by atoms with Crippen molar-refractivity contribution in [2.75, 3.05) is 14.1 Å². The topological polar surface area (TPSA) is 32.8 Å². The summed E-state index contributed by atoms with van der Waals surface area (Å²) in [5, 5.41) is 0. The Hall–Kier alpha value is -1.35. The molecule has 0 N–H and O–H groups in total. The third-order valence-corrected chi connectivity index (χ3v) is 2.30. The summed E-state index contributed by atoms with van der Waals surface area (Å²) in [5.41, 5.74) is 1.08. The van der Waals surface area contributed by atoms with E-state index < -0.39 is 0 Å². The molecule has 2 rings (SSSR count). The highest BCUT2D eigenvalue weighted by molar-refractivity contribution is 5.83. The van der Waals surface area contributed by atoms with Crippen molar-refractivity contribution in [1.29, 1.82) is 0 Å². The Balaban J connectivity index is 2.03. The van der Waals surface area contributed by atoms with Crippen LogP contribution in [0.5, 0.6) is 0 Å². The summed E-state index contributed by atoms with van der Waals surface area (Å²) < 4.78 is 5.33. The zero-order valence-electron chi connectivity index (χ0n) is 8.31. The molecule has 1 aliphatic heterocycles. The highest BCUT2D eigenvalue weighted by Crippen LogP contribution is 2.39. The summed E-state index contributed by atoms with van der Waals surface area (Å²) in [4.78, 5) is 13.1. The van der Waals surface area contributed by atoms with E-state index in [1.807, 2.05) is 30.3 Å². The lowest BCUT2D eigenvalue weighted by molar-refractivity contribution is -0.129. The average Bonchev–Trinajstić information content (AvgIpc) is 2.97. The van der Waals surface area contributed by atoms with Crippen molar-refractivity contribution in [3.05, 3.63) is 35.9 Å². The fourth-order valence-electron chi connectivity index (χ4n) is 1.45. The zero-order valence-corrected chi connectivity index (χ0v) is 8.31. The standard InChI is InChI=1S/C11H13NO2/c1-12(2)11(13)10-9(14-10)8-6-4-3-5-7-8/h3-7,9-10H,1-2H3. The van der Waals surface area contributed by atoms with E-state index in [2.05, 4.69) is 0 Å². The minimum atomic E-state index is -0.271. The summed E-state index contributed by atoms with van der Waals surface area (Å²) in [5.74, 6) is 0.0406. The van der Waals surface area contributed by atoms with Crippen LogP contribution in [0.1, 0.15) is 11.7 Å². The monoisotopic (exact) mass is 191 g/mol. The number of benzene rings is 1. The van der Waals surface area contributed by atoms with E-state index in [4.69, 9.17) is 4.74 Å². The Morgan fingerprint density at radius 3 is 2.50 bits per heavy atom. The molecule has 1 saturated heterocycles. The Kier molecular flexibility index (Phi) is 2.25. The Morgan fingerprint density at radius 1 is 1.29 bits per heavy atom. The summed E-state index contributed by atoms with van der Waals surface area (Å²) in [7, 11) is 3.48. The lowest BCUT2D eigenvalue weighted by Crippen LogP contribution is -2.26. The lowest BCUT2D eigenvalue weighted by Gasteiger charge is -2.06. The van der Waals surface area contributed by atoms with Crippen LogP contribution in [0.4, 0.5) is 0 Å². The van der Waals surface area contributed by atoms with Gasteiger partial charge in [-0.25, -0.2) is 0 Å². The fraction of sp³-hybridized carbons (Fsp3) is 0.364. The molecule has 1 aromatic rings. The Labute approximate surface area is 83.3 Å². The number of amides is 1. The largest absolute Gasteiger partial charge is 0.354 e. The fourth-order valence-corrected chi connectivity index (χ4v) is 1.45. The van der Waals surface area contributed by atoms with Crippen LogP contribution in [-0.2, 0) is 9.53 Å². The molecule has 0 radical (unpaired) electrons. The number of nitrogens with zero attached hydrogens (tertiary/aromatic N) is 1. The number of hydrogen-bond acceptors (Lipinski definition) is 2. The van der Waals surface area contributed by atoms with Crippen LogP contribution in [0.15, 0.2) is 30.3 Å². The van der Waals surface area contributed by atoms with Crippen LogP contribution >= 0.6 is 0 Å². The summed E-state index contributed by atoms with van der Waals surface area (Å²) >= 11 is 0. The molecule has 1 amide bonds. The minimum Gasteiger partial charge on any atom is -0.354 e. The van der Waals surface area contributed by atoms with E-state index in [9.17, 15) is 4.79 Å². The number of ether oxygens (including phenoxy) is 1. The van der Waals surface area contributed by atoms with Crippen LogP contribution < -0.4 is 0 Å². The van der Waals surface area contributed by atoms with Crippen LogP contribution in [0.25, 0.3) is 0 Å². The zero-order chi connectivity index (χ0) is 10.1. The van der Waals surface area contributed by atoms with Gasteiger partial charge < -0.3 is 9.64 Å². The first-order valence-electron chi connectivity index (χ1n) is 4.61. The lowest BCUT2D eigenvalue weighted by atomic mass is 10.1. The SMILES string of the molecule is CN(C)C(=O)C1OC1c1ccccc1. The molecule has 0 aliphatic carbocycles. The number of rotatable bonds is 2. The van der Waals surface area contributed by atoms with E-state index in [1.165, 1.54) is 0 Å². The van der Waals surface area contributed by atoms with E-state index in [-0.39, 0.29) is 18.1 Å². The first-order chi connectivity index (χ1) is 6.70. The predicted molar refractivity (Wildman–Crippen MR) is 52.8 cm³/mol. The third kappa shape index (κ3) is 1.63. The maximum absolute atomic E-state index is 11.5. The second-order valence-corrected chi connectivity index (χ2v) is 3.62. The van der Waals surface area contributed by atoms with Gasteiger partial charge >= 0.3 is 0 Å². The number of epoxide rings is 1. The number of carbonyl (C=O) groups excluding carboxylic acids is 1. The summed E-state index contributed by atoms with van der Waals surface area (Å²) in [6, 6.07) is 9.82. The van der Waals surface area contributed by atoms with Gasteiger partial charge in [-0.05, 0) is 5.56 Å². The van der Waals surface area contributed by atoms with Crippen molar-refractivity contribution in [2.24, 2.45) is 0 Å². The highest BCUT2D eigenvalue weighted by Gasteiger charge is 2.46. The van der Waals surface area contributed by atoms with Crippen LogP contribution in [0.2, 0.25) is 0 Å². The van der Waals surface area contributed by atoms with Crippen LogP contribution in [0.3, 0.4) is 0 Å².